The molecule has 1 N–H and O–H groups in total. The first-order valence-electron chi connectivity index (χ1n) is 9.24. The molecule has 5 heteroatoms. The standard InChI is InChI=1S/C20H27N5/c1-2-7-19(8-3-1)17-23-15-13-22(14-16-23)10-6-11-24-18-20-9-4-5-12-25(20)21-24/h1-5,7-9,12,18,21H,6,10-11,13-17H2. The maximum Gasteiger partial charge on any atom is 0.0762 e. The minimum absolute atomic E-state index is 1.03. The fourth-order valence-electron chi connectivity index (χ4n) is 3.57. The van der Waals surface area contributed by atoms with Crippen LogP contribution >= 0.6 is 0 Å². The lowest BCUT2D eigenvalue weighted by atomic mass is 10.2. The van der Waals surface area contributed by atoms with Gasteiger partial charge >= 0.3 is 0 Å². The predicted octanol–water partition coefficient (Wildman–Crippen LogP) is 2.16. The Balaban J connectivity index is 1.14. The summed E-state index contributed by atoms with van der Waals surface area (Å²) in [5, 5.41) is 4.24. The van der Waals surface area contributed by atoms with Crippen molar-refractivity contribution in [1.82, 2.24) is 25.4 Å². The topological polar surface area (TPSA) is 25.0 Å². The van der Waals surface area contributed by atoms with Crippen molar-refractivity contribution in [3.05, 3.63) is 72.2 Å². The Labute approximate surface area is 150 Å². The Hall–Kier alpha value is -2.08. The number of hydrogen-bond donors (Lipinski definition) is 1. The monoisotopic (exact) mass is 337 g/mol. The average Bonchev–Trinajstić information content (AvgIpc) is 3.07. The summed E-state index contributed by atoms with van der Waals surface area (Å²) in [6, 6.07) is 10.8. The number of nitrogens with one attached hydrogen (secondary N) is 1. The van der Waals surface area contributed by atoms with Crippen LogP contribution in [0.4, 0.5) is 0 Å². The molecule has 1 aromatic rings. The van der Waals surface area contributed by atoms with Crippen LogP contribution < -0.4 is 5.53 Å². The number of piperazine rings is 1. The summed E-state index contributed by atoms with van der Waals surface area (Å²) < 4.78 is 0. The molecular formula is C20H27N5. The van der Waals surface area contributed by atoms with Gasteiger partial charge in [0.1, 0.15) is 0 Å². The number of nitrogens with zero attached hydrogens (tertiary/aromatic N) is 4. The van der Waals surface area contributed by atoms with Crippen molar-refractivity contribution in [2.45, 2.75) is 13.0 Å². The van der Waals surface area contributed by atoms with Crippen LogP contribution in [0.15, 0.2) is 66.7 Å². The first-order chi connectivity index (χ1) is 12.4. The molecule has 0 amide bonds. The zero-order chi connectivity index (χ0) is 16.9. The third-order valence-electron chi connectivity index (χ3n) is 5.00. The molecule has 3 aliphatic rings. The van der Waals surface area contributed by atoms with Gasteiger partial charge in [0.25, 0.3) is 0 Å². The Morgan fingerprint density at radius 3 is 2.48 bits per heavy atom. The van der Waals surface area contributed by atoms with E-state index in [1.165, 1.54) is 50.4 Å². The van der Waals surface area contributed by atoms with Gasteiger partial charge in [-0.2, -0.15) is 0 Å². The van der Waals surface area contributed by atoms with Crippen molar-refractivity contribution in [2.75, 3.05) is 39.3 Å². The van der Waals surface area contributed by atoms with Gasteiger partial charge in [-0.1, -0.05) is 36.4 Å². The highest BCUT2D eigenvalue weighted by atomic mass is 15.8. The van der Waals surface area contributed by atoms with Crippen molar-refractivity contribution >= 4 is 0 Å². The molecule has 0 saturated carbocycles. The van der Waals surface area contributed by atoms with Gasteiger partial charge in [-0.3, -0.25) is 14.9 Å². The van der Waals surface area contributed by atoms with Crippen molar-refractivity contribution in [3.8, 4) is 0 Å². The molecule has 25 heavy (non-hydrogen) atoms. The highest BCUT2D eigenvalue weighted by Crippen LogP contribution is 2.16. The highest BCUT2D eigenvalue weighted by Gasteiger charge is 2.19. The van der Waals surface area contributed by atoms with Gasteiger partial charge in [0.2, 0.25) is 0 Å². The molecule has 3 heterocycles. The molecule has 0 spiro atoms. The number of hydrazine groups is 2. The zero-order valence-corrected chi connectivity index (χ0v) is 14.7. The minimum Gasteiger partial charge on any atom is -0.301 e. The average molecular weight is 337 g/mol. The van der Waals surface area contributed by atoms with Crippen molar-refractivity contribution in [3.63, 3.8) is 0 Å². The number of benzene rings is 1. The molecule has 1 fully saturated rings. The van der Waals surface area contributed by atoms with E-state index in [2.05, 4.69) is 80.2 Å². The summed E-state index contributed by atoms with van der Waals surface area (Å²) in [6.45, 7) is 7.99. The van der Waals surface area contributed by atoms with Crippen LogP contribution in [0.2, 0.25) is 0 Å². The second-order valence-corrected chi connectivity index (χ2v) is 6.87. The predicted molar refractivity (Wildman–Crippen MR) is 101 cm³/mol. The minimum atomic E-state index is 1.03. The summed E-state index contributed by atoms with van der Waals surface area (Å²) in [7, 11) is 0. The Kier molecular flexibility index (Phi) is 5.16. The maximum absolute atomic E-state index is 3.37. The molecule has 4 rings (SSSR count). The van der Waals surface area contributed by atoms with Crippen LogP contribution in [0.5, 0.6) is 0 Å². The lowest BCUT2D eigenvalue weighted by molar-refractivity contribution is 0.116. The van der Waals surface area contributed by atoms with E-state index in [1.807, 2.05) is 6.08 Å². The van der Waals surface area contributed by atoms with Crippen LogP contribution in [0.25, 0.3) is 0 Å². The fraction of sp³-hybridized carbons (Fsp3) is 0.400. The first-order valence-corrected chi connectivity index (χ1v) is 9.24. The van der Waals surface area contributed by atoms with Gasteiger partial charge in [-0.15, -0.1) is 5.53 Å². The van der Waals surface area contributed by atoms with Gasteiger partial charge in [-0.25, -0.2) is 0 Å². The second kappa shape index (κ2) is 7.87. The summed E-state index contributed by atoms with van der Waals surface area (Å²) >= 11 is 0. The van der Waals surface area contributed by atoms with Crippen LogP contribution in [0, 0.1) is 0 Å². The zero-order valence-electron chi connectivity index (χ0n) is 14.7. The molecule has 0 atom stereocenters. The van der Waals surface area contributed by atoms with Crippen LogP contribution in [-0.4, -0.2) is 59.1 Å². The normalized spacial score (nSPS) is 20.9. The maximum atomic E-state index is 3.37. The molecule has 0 aromatic heterocycles. The smallest absolute Gasteiger partial charge is 0.0762 e. The molecule has 0 bridgehead atoms. The van der Waals surface area contributed by atoms with Gasteiger partial charge < -0.3 is 4.90 Å². The molecule has 5 nitrogen and oxygen atoms in total. The Morgan fingerprint density at radius 2 is 1.68 bits per heavy atom. The van der Waals surface area contributed by atoms with E-state index < -0.39 is 0 Å². The van der Waals surface area contributed by atoms with E-state index in [9.17, 15) is 0 Å². The molecule has 0 unspecified atom stereocenters. The van der Waals surface area contributed by atoms with Crippen molar-refractivity contribution in [2.24, 2.45) is 0 Å². The molecule has 0 aliphatic carbocycles. The molecule has 1 aromatic carbocycles. The molecule has 1 saturated heterocycles. The van der Waals surface area contributed by atoms with Gasteiger partial charge in [-0.05, 0) is 30.7 Å². The van der Waals surface area contributed by atoms with Gasteiger partial charge in [0.05, 0.1) is 5.70 Å². The van der Waals surface area contributed by atoms with Crippen LogP contribution in [-0.2, 0) is 6.54 Å². The number of hydrogen-bond acceptors (Lipinski definition) is 5. The third-order valence-corrected chi connectivity index (χ3v) is 5.00. The van der Waals surface area contributed by atoms with E-state index in [0.717, 1.165) is 13.1 Å². The van der Waals surface area contributed by atoms with E-state index in [0.29, 0.717) is 0 Å². The molecule has 0 radical (unpaired) electrons. The van der Waals surface area contributed by atoms with Crippen molar-refractivity contribution < 1.29 is 0 Å². The summed E-state index contributed by atoms with van der Waals surface area (Å²) in [4.78, 5) is 5.16. The highest BCUT2D eigenvalue weighted by molar-refractivity contribution is 5.28. The Bertz CT molecular complexity index is 643. The molecular weight excluding hydrogens is 310 g/mol. The molecule has 3 aliphatic heterocycles. The Morgan fingerprint density at radius 1 is 0.880 bits per heavy atom. The largest absolute Gasteiger partial charge is 0.301 e. The quantitative estimate of drug-likeness (QED) is 0.858. The van der Waals surface area contributed by atoms with Crippen molar-refractivity contribution in [1.29, 1.82) is 0 Å². The summed E-state index contributed by atoms with van der Waals surface area (Å²) in [5.74, 6) is 0. The van der Waals surface area contributed by atoms with Crippen LogP contribution in [0.1, 0.15) is 12.0 Å². The summed E-state index contributed by atoms with van der Waals surface area (Å²) in [6.07, 6.45) is 11.6. The first kappa shape index (κ1) is 16.4. The van der Waals surface area contributed by atoms with Gasteiger partial charge in [0.15, 0.2) is 0 Å². The molecule has 132 valence electrons. The lowest BCUT2D eigenvalue weighted by Gasteiger charge is -2.35. The SMILES string of the molecule is C1=CC2=CN(CCCN3CCN(Cc4ccccc4)CC3)NN2C=C1. The summed E-state index contributed by atoms with van der Waals surface area (Å²) in [5.41, 5.74) is 6.00. The fourth-order valence-corrected chi connectivity index (χ4v) is 3.57. The number of fused-ring (bicyclic) bond motifs is 1. The number of rotatable bonds is 6. The third kappa shape index (κ3) is 4.31. The van der Waals surface area contributed by atoms with Gasteiger partial charge in [0, 0.05) is 51.7 Å². The van der Waals surface area contributed by atoms with E-state index in [4.69, 9.17) is 0 Å². The van der Waals surface area contributed by atoms with E-state index in [-0.39, 0.29) is 0 Å². The van der Waals surface area contributed by atoms with E-state index in [1.54, 1.807) is 0 Å². The lowest BCUT2D eigenvalue weighted by Crippen LogP contribution is -2.46. The van der Waals surface area contributed by atoms with Crippen LogP contribution in [0.3, 0.4) is 0 Å². The number of allylic oxidation sites excluding steroid dienone is 3. The second-order valence-electron chi connectivity index (χ2n) is 6.87. The van der Waals surface area contributed by atoms with E-state index >= 15 is 0 Å².